The minimum atomic E-state index is -0.355. The maximum absolute atomic E-state index is 13.2. The highest BCUT2D eigenvalue weighted by molar-refractivity contribution is 5.89. The van der Waals surface area contributed by atoms with Gasteiger partial charge in [-0.3, -0.25) is 9.89 Å². The molecule has 0 saturated heterocycles. The summed E-state index contributed by atoms with van der Waals surface area (Å²) in [6.45, 7) is 8.87. The quantitative estimate of drug-likeness (QED) is 0.854. The molecule has 4 rings (SSSR count). The van der Waals surface area contributed by atoms with Crippen molar-refractivity contribution in [2.75, 3.05) is 7.11 Å². The van der Waals surface area contributed by atoms with Crippen molar-refractivity contribution in [3.8, 4) is 0 Å². The molecule has 2 aliphatic carbocycles. The maximum atomic E-state index is 13.2. The van der Waals surface area contributed by atoms with E-state index in [1.54, 1.807) is 16.8 Å². The second-order valence-corrected chi connectivity index (χ2v) is 8.51. The lowest BCUT2D eigenvalue weighted by atomic mass is 9.70. The molecule has 1 unspecified atom stereocenters. The molecule has 0 spiro atoms. The SMILES string of the molecule is COC(=O)c1ccc(C(C)n2[nH]c3c(c2=O)[C@H]2CC[C@]3(C)C2(C)C)cc1. The van der Waals surface area contributed by atoms with Crippen LogP contribution < -0.4 is 5.56 Å². The molecule has 1 aromatic carbocycles. The van der Waals surface area contributed by atoms with Crippen molar-refractivity contribution in [3.05, 3.63) is 57.0 Å². The molecule has 0 aliphatic heterocycles. The number of nitrogens with one attached hydrogen (secondary N) is 1. The van der Waals surface area contributed by atoms with Gasteiger partial charge in [0.25, 0.3) is 5.56 Å². The highest BCUT2D eigenvalue weighted by Gasteiger charge is 2.61. The molecule has 138 valence electrons. The Morgan fingerprint density at radius 1 is 1.27 bits per heavy atom. The largest absolute Gasteiger partial charge is 0.465 e. The molecule has 1 fully saturated rings. The van der Waals surface area contributed by atoms with E-state index in [0.29, 0.717) is 11.5 Å². The van der Waals surface area contributed by atoms with Crippen molar-refractivity contribution in [3.63, 3.8) is 0 Å². The van der Waals surface area contributed by atoms with Crippen molar-refractivity contribution in [1.29, 1.82) is 0 Å². The van der Waals surface area contributed by atoms with Crippen LogP contribution in [0.1, 0.15) is 79.7 Å². The highest BCUT2D eigenvalue weighted by atomic mass is 16.5. The van der Waals surface area contributed by atoms with E-state index < -0.39 is 0 Å². The number of esters is 1. The first-order valence-corrected chi connectivity index (χ1v) is 9.25. The predicted octanol–water partition coefficient (Wildman–Crippen LogP) is 3.75. The topological polar surface area (TPSA) is 64.1 Å². The molecule has 2 bridgehead atoms. The van der Waals surface area contributed by atoms with E-state index in [4.69, 9.17) is 4.74 Å². The first-order chi connectivity index (χ1) is 12.2. The number of hydrogen-bond donors (Lipinski definition) is 1. The molecular weight excluding hydrogens is 328 g/mol. The summed E-state index contributed by atoms with van der Waals surface area (Å²) in [6, 6.07) is 7.14. The number of ether oxygens (including phenoxy) is 1. The van der Waals surface area contributed by atoms with Crippen molar-refractivity contribution in [1.82, 2.24) is 9.78 Å². The maximum Gasteiger partial charge on any atom is 0.337 e. The molecule has 2 aliphatic rings. The summed E-state index contributed by atoms with van der Waals surface area (Å²) < 4.78 is 6.50. The fourth-order valence-electron chi connectivity index (χ4n) is 5.10. The number of hydrogen-bond acceptors (Lipinski definition) is 3. The third kappa shape index (κ3) is 1.97. The zero-order chi connectivity index (χ0) is 18.9. The van der Waals surface area contributed by atoms with Crippen LogP contribution in [0.3, 0.4) is 0 Å². The summed E-state index contributed by atoms with van der Waals surface area (Å²) in [5.41, 5.74) is 3.87. The molecule has 3 atom stereocenters. The minimum absolute atomic E-state index is 0.0336. The molecule has 0 amide bonds. The number of methoxy groups -OCH3 is 1. The Hall–Kier alpha value is -2.30. The summed E-state index contributed by atoms with van der Waals surface area (Å²) in [4.78, 5) is 24.8. The first-order valence-electron chi connectivity index (χ1n) is 9.25. The van der Waals surface area contributed by atoms with Crippen LogP contribution in [0.2, 0.25) is 0 Å². The number of rotatable bonds is 3. The second-order valence-electron chi connectivity index (χ2n) is 8.51. The van der Waals surface area contributed by atoms with Crippen LogP contribution in [-0.2, 0) is 10.2 Å². The van der Waals surface area contributed by atoms with E-state index in [9.17, 15) is 9.59 Å². The third-order valence-corrected chi connectivity index (χ3v) is 7.28. The van der Waals surface area contributed by atoms with Gasteiger partial charge in [0.05, 0.1) is 18.7 Å². The molecule has 1 N–H and O–H groups in total. The molecule has 0 radical (unpaired) electrons. The van der Waals surface area contributed by atoms with Crippen LogP contribution in [0.25, 0.3) is 0 Å². The Bertz CT molecular complexity index is 935. The van der Waals surface area contributed by atoms with Crippen molar-refractivity contribution in [2.24, 2.45) is 5.41 Å². The van der Waals surface area contributed by atoms with Gasteiger partial charge in [-0.2, -0.15) is 0 Å². The molecule has 1 aromatic heterocycles. The normalized spacial score (nSPS) is 26.6. The predicted molar refractivity (Wildman–Crippen MR) is 99.8 cm³/mol. The van der Waals surface area contributed by atoms with Crippen LogP contribution in [0.15, 0.2) is 29.1 Å². The van der Waals surface area contributed by atoms with Gasteiger partial charge < -0.3 is 4.74 Å². The van der Waals surface area contributed by atoms with E-state index in [1.807, 2.05) is 19.1 Å². The standard InChI is InChI=1S/C21H26N2O3/c1-12(13-6-8-14(9-7-13)19(25)26-5)23-18(24)16-15-10-11-21(4,17(16)22-23)20(15,2)3/h6-9,12,15,22H,10-11H2,1-5H3/t12?,15-,21+/m1/s1. The minimum Gasteiger partial charge on any atom is -0.465 e. The molecule has 1 heterocycles. The smallest absolute Gasteiger partial charge is 0.337 e. The Kier molecular flexibility index (Phi) is 3.52. The second kappa shape index (κ2) is 5.35. The fourth-order valence-corrected chi connectivity index (χ4v) is 5.10. The van der Waals surface area contributed by atoms with E-state index in [-0.39, 0.29) is 28.4 Å². The van der Waals surface area contributed by atoms with Gasteiger partial charge in [0.1, 0.15) is 0 Å². The number of nitrogens with zero attached hydrogens (tertiary/aromatic N) is 1. The number of aromatic nitrogens is 2. The van der Waals surface area contributed by atoms with Gasteiger partial charge in [0.15, 0.2) is 0 Å². The van der Waals surface area contributed by atoms with Crippen molar-refractivity contribution < 1.29 is 9.53 Å². The lowest BCUT2D eigenvalue weighted by Crippen LogP contribution is -2.33. The van der Waals surface area contributed by atoms with Crippen LogP contribution in [0.5, 0.6) is 0 Å². The number of carbonyl (C=O) groups is 1. The summed E-state index contributed by atoms with van der Waals surface area (Å²) in [7, 11) is 1.37. The van der Waals surface area contributed by atoms with Gasteiger partial charge in [0.2, 0.25) is 0 Å². The monoisotopic (exact) mass is 354 g/mol. The van der Waals surface area contributed by atoms with Crippen molar-refractivity contribution in [2.45, 2.75) is 57.9 Å². The molecule has 5 heteroatoms. The van der Waals surface area contributed by atoms with Crippen LogP contribution >= 0.6 is 0 Å². The van der Waals surface area contributed by atoms with Crippen LogP contribution in [0.4, 0.5) is 0 Å². The van der Waals surface area contributed by atoms with Gasteiger partial charge >= 0.3 is 5.97 Å². The molecule has 1 saturated carbocycles. The Balaban J connectivity index is 1.72. The van der Waals surface area contributed by atoms with Crippen LogP contribution in [0, 0.1) is 5.41 Å². The number of aromatic amines is 1. The van der Waals surface area contributed by atoms with Gasteiger partial charge in [-0.1, -0.05) is 32.9 Å². The van der Waals surface area contributed by atoms with Gasteiger partial charge in [-0.05, 0) is 48.8 Å². The summed E-state index contributed by atoms with van der Waals surface area (Å²) in [5.74, 6) is -0.0200. The van der Waals surface area contributed by atoms with E-state index in [2.05, 4.69) is 25.9 Å². The zero-order valence-corrected chi connectivity index (χ0v) is 16.1. The highest BCUT2D eigenvalue weighted by Crippen LogP contribution is 2.66. The number of fused-ring (bicyclic) bond motifs is 5. The molecule has 26 heavy (non-hydrogen) atoms. The zero-order valence-electron chi connectivity index (χ0n) is 16.1. The third-order valence-electron chi connectivity index (χ3n) is 7.28. The number of benzene rings is 1. The first kappa shape index (κ1) is 17.1. The van der Waals surface area contributed by atoms with E-state index in [0.717, 1.165) is 29.7 Å². The van der Waals surface area contributed by atoms with Crippen molar-refractivity contribution >= 4 is 5.97 Å². The Labute approximate surface area is 153 Å². The summed E-state index contributed by atoms with van der Waals surface area (Å²) in [5, 5.41) is 3.45. The van der Waals surface area contributed by atoms with E-state index >= 15 is 0 Å². The lowest BCUT2D eigenvalue weighted by Gasteiger charge is -2.35. The van der Waals surface area contributed by atoms with Gasteiger partial charge in [0, 0.05) is 16.7 Å². The Morgan fingerprint density at radius 3 is 2.50 bits per heavy atom. The Morgan fingerprint density at radius 2 is 1.92 bits per heavy atom. The molecular formula is C21H26N2O3. The lowest BCUT2D eigenvalue weighted by molar-refractivity contribution is 0.0600. The average Bonchev–Trinajstić information content (AvgIpc) is 3.15. The number of carbonyl (C=O) groups excluding carboxylic acids is 1. The van der Waals surface area contributed by atoms with Crippen LogP contribution in [-0.4, -0.2) is 22.9 Å². The van der Waals surface area contributed by atoms with Gasteiger partial charge in [-0.15, -0.1) is 0 Å². The van der Waals surface area contributed by atoms with Gasteiger partial charge in [-0.25, -0.2) is 9.48 Å². The molecule has 2 aromatic rings. The average molecular weight is 354 g/mol. The fraction of sp³-hybridized carbons (Fsp3) is 0.524. The molecule has 5 nitrogen and oxygen atoms in total. The number of H-pyrrole nitrogens is 1. The van der Waals surface area contributed by atoms with E-state index in [1.165, 1.54) is 7.11 Å². The summed E-state index contributed by atoms with van der Waals surface area (Å²) in [6.07, 6.45) is 2.21. The summed E-state index contributed by atoms with van der Waals surface area (Å²) >= 11 is 0.